The van der Waals surface area contributed by atoms with Gasteiger partial charge in [0.05, 0.1) is 0 Å². The van der Waals surface area contributed by atoms with E-state index < -0.39 is 0 Å². The van der Waals surface area contributed by atoms with Crippen LogP contribution in [0.5, 0.6) is 0 Å². The minimum atomic E-state index is 0.865. The van der Waals surface area contributed by atoms with E-state index in [-0.39, 0.29) is 0 Å². The van der Waals surface area contributed by atoms with Gasteiger partial charge in [-0.15, -0.1) is 0 Å². The van der Waals surface area contributed by atoms with Crippen LogP contribution in [0.4, 0.5) is 0 Å². The van der Waals surface area contributed by atoms with Crippen molar-refractivity contribution in [3.63, 3.8) is 0 Å². The highest BCUT2D eigenvalue weighted by atomic mass is 16.2. The molecule has 0 aromatic carbocycles. The molecule has 0 aliphatic carbocycles. The van der Waals surface area contributed by atoms with E-state index in [2.05, 4.69) is 19.1 Å². The average molecular weight is 139 g/mol. The van der Waals surface area contributed by atoms with E-state index in [1.807, 2.05) is 0 Å². The van der Waals surface area contributed by atoms with Crippen molar-refractivity contribution in [3.05, 3.63) is 24.5 Å². The van der Waals surface area contributed by atoms with Gasteiger partial charge in [0.1, 0.15) is 6.26 Å². The van der Waals surface area contributed by atoms with Crippen LogP contribution in [-0.2, 0) is 5.11 Å². The highest BCUT2D eigenvalue weighted by Gasteiger charge is 1.78. The first kappa shape index (κ1) is 9.28. The molecule has 0 aromatic rings. The molecule has 0 amide bonds. The molecule has 0 bridgehead atoms. The second kappa shape index (κ2) is 8.28. The highest BCUT2D eigenvalue weighted by Crippen LogP contribution is 1.97. The van der Waals surface area contributed by atoms with Gasteiger partial charge in [-0.1, -0.05) is 19.1 Å². The van der Waals surface area contributed by atoms with E-state index in [4.69, 9.17) is 0 Å². The predicted molar refractivity (Wildman–Crippen MR) is 43.1 cm³/mol. The lowest BCUT2D eigenvalue weighted by molar-refractivity contribution is 0.349. The molecule has 0 spiro atoms. The number of hydrogen-bond acceptors (Lipinski definition) is 0. The van der Waals surface area contributed by atoms with Crippen LogP contribution in [0.15, 0.2) is 24.5 Å². The minimum absolute atomic E-state index is 0.865. The average Bonchev–Trinajstić information content (AvgIpc) is 1.97. The molecule has 57 valence electrons. The monoisotopic (exact) mass is 139 g/mol. The molecule has 0 aromatic heterocycles. The summed E-state index contributed by atoms with van der Waals surface area (Å²) in [6.45, 7) is 2.12. The van der Waals surface area contributed by atoms with Crippen LogP contribution >= 0.6 is 0 Å². The van der Waals surface area contributed by atoms with E-state index in [0.29, 0.717) is 0 Å². The first-order chi connectivity index (χ1) is 4.91. The van der Waals surface area contributed by atoms with Crippen molar-refractivity contribution in [1.82, 2.24) is 0 Å². The van der Waals surface area contributed by atoms with Crippen LogP contribution < -0.4 is 0 Å². The van der Waals surface area contributed by atoms with E-state index in [9.17, 15) is 5.11 Å². The molecule has 0 aliphatic rings. The lowest BCUT2D eigenvalue weighted by Gasteiger charge is -1.87. The van der Waals surface area contributed by atoms with E-state index in [1.165, 1.54) is 0 Å². The highest BCUT2D eigenvalue weighted by molar-refractivity contribution is 4.81. The van der Waals surface area contributed by atoms with Crippen molar-refractivity contribution < 1.29 is 5.11 Å². The summed E-state index contributed by atoms with van der Waals surface area (Å²) in [4.78, 5) is 0. The Balaban J connectivity index is 2.97. The zero-order valence-electron chi connectivity index (χ0n) is 6.55. The van der Waals surface area contributed by atoms with Crippen molar-refractivity contribution in [3.8, 4) is 0 Å². The standard InChI is InChI=1S/C9H15O/c1-2-3-4-5-6-7-8-9-10/h3-4,8-9H,2,5-7H2,1H3/b4-3+,9-8+. The van der Waals surface area contributed by atoms with Gasteiger partial charge in [-0.2, -0.15) is 0 Å². The normalized spacial score (nSPS) is 11.7. The summed E-state index contributed by atoms with van der Waals surface area (Å²) in [7, 11) is 0. The number of rotatable bonds is 5. The van der Waals surface area contributed by atoms with Gasteiger partial charge in [0.2, 0.25) is 0 Å². The van der Waals surface area contributed by atoms with Crippen molar-refractivity contribution in [1.29, 1.82) is 0 Å². The van der Waals surface area contributed by atoms with Crippen molar-refractivity contribution in [2.24, 2.45) is 0 Å². The molecule has 0 rings (SSSR count). The summed E-state index contributed by atoms with van der Waals surface area (Å²) in [5.74, 6) is 0. The molecule has 0 aliphatic heterocycles. The quantitative estimate of drug-likeness (QED) is 0.317. The Morgan fingerprint density at radius 1 is 1.10 bits per heavy atom. The largest absolute Gasteiger partial charge is 0.299 e. The van der Waals surface area contributed by atoms with Gasteiger partial charge in [-0.3, -0.25) is 5.11 Å². The van der Waals surface area contributed by atoms with Crippen LogP contribution in [0, 0.1) is 0 Å². The van der Waals surface area contributed by atoms with Crippen LogP contribution in [0.1, 0.15) is 32.6 Å². The number of hydrogen-bond donors (Lipinski definition) is 0. The molecule has 0 atom stereocenters. The molecular formula is C9H15O. The maximum Gasteiger partial charge on any atom is 0.138 e. The summed E-state index contributed by atoms with van der Waals surface area (Å²) < 4.78 is 0. The van der Waals surface area contributed by atoms with E-state index >= 15 is 0 Å². The summed E-state index contributed by atoms with van der Waals surface area (Å²) in [5.41, 5.74) is 0. The molecule has 0 fully saturated rings. The smallest absolute Gasteiger partial charge is 0.138 e. The third-order valence-corrected chi connectivity index (χ3v) is 1.24. The lowest BCUT2D eigenvalue weighted by atomic mass is 10.2. The van der Waals surface area contributed by atoms with Crippen LogP contribution in [0.3, 0.4) is 0 Å². The Hall–Kier alpha value is -0.720. The number of allylic oxidation sites excluding steroid dienone is 3. The second-order valence-corrected chi connectivity index (χ2v) is 2.18. The molecular weight excluding hydrogens is 124 g/mol. The Morgan fingerprint density at radius 2 is 1.80 bits per heavy atom. The van der Waals surface area contributed by atoms with Gasteiger partial charge in [-0.25, -0.2) is 0 Å². The third kappa shape index (κ3) is 7.28. The summed E-state index contributed by atoms with van der Waals surface area (Å²) >= 11 is 0. The number of unbranched alkanes of at least 4 members (excludes halogenated alkanes) is 2. The van der Waals surface area contributed by atoms with Crippen molar-refractivity contribution in [2.45, 2.75) is 32.6 Å². The molecule has 0 heterocycles. The Labute approximate surface area is 63.1 Å². The summed E-state index contributed by atoms with van der Waals surface area (Å²) in [6.07, 6.45) is 11.1. The first-order valence-corrected chi connectivity index (χ1v) is 3.83. The van der Waals surface area contributed by atoms with Crippen molar-refractivity contribution in [2.75, 3.05) is 0 Å². The fraction of sp³-hybridized carbons (Fsp3) is 0.556. The SMILES string of the molecule is CC/C=C/CCC/C=C/[O]. The Bertz CT molecular complexity index is 103. The fourth-order valence-electron chi connectivity index (χ4n) is 0.706. The zero-order chi connectivity index (χ0) is 7.66. The zero-order valence-corrected chi connectivity index (χ0v) is 6.55. The molecule has 0 N–H and O–H groups in total. The third-order valence-electron chi connectivity index (χ3n) is 1.24. The lowest BCUT2D eigenvalue weighted by Crippen LogP contribution is -1.68. The molecule has 1 nitrogen and oxygen atoms in total. The van der Waals surface area contributed by atoms with Gasteiger partial charge in [0.15, 0.2) is 0 Å². The molecule has 0 saturated heterocycles. The molecule has 0 saturated carbocycles. The van der Waals surface area contributed by atoms with Crippen LogP contribution in [-0.4, -0.2) is 0 Å². The Morgan fingerprint density at radius 3 is 2.40 bits per heavy atom. The van der Waals surface area contributed by atoms with Crippen LogP contribution in [0.25, 0.3) is 0 Å². The van der Waals surface area contributed by atoms with Gasteiger partial charge >= 0.3 is 0 Å². The minimum Gasteiger partial charge on any atom is -0.299 e. The van der Waals surface area contributed by atoms with Gasteiger partial charge < -0.3 is 0 Å². The first-order valence-electron chi connectivity index (χ1n) is 3.83. The topological polar surface area (TPSA) is 19.9 Å². The second-order valence-electron chi connectivity index (χ2n) is 2.18. The summed E-state index contributed by atoms with van der Waals surface area (Å²) in [6, 6.07) is 0. The predicted octanol–water partition coefficient (Wildman–Crippen LogP) is 3.07. The Kier molecular flexibility index (Phi) is 7.68. The maximum absolute atomic E-state index is 9.82. The van der Waals surface area contributed by atoms with E-state index in [1.54, 1.807) is 6.08 Å². The molecule has 1 radical (unpaired) electrons. The van der Waals surface area contributed by atoms with Crippen LogP contribution in [0.2, 0.25) is 0 Å². The van der Waals surface area contributed by atoms with Crippen molar-refractivity contribution >= 4 is 0 Å². The van der Waals surface area contributed by atoms with Gasteiger partial charge in [-0.05, 0) is 31.8 Å². The molecule has 1 heteroatoms. The summed E-state index contributed by atoms with van der Waals surface area (Å²) in [5, 5.41) is 9.82. The van der Waals surface area contributed by atoms with E-state index in [0.717, 1.165) is 31.9 Å². The van der Waals surface area contributed by atoms with Gasteiger partial charge in [0, 0.05) is 0 Å². The maximum atomic E-state index is 9.82. The fourth-order valence-corrected chi connectivity index (χ4v) is 0.706. The molecule has 0 unspecified atom stereocenters. The molecule has 10 heavy (non-hydrogen) atoms. The van der Waals surface area contributed by atoms with Gasteiger partial charge in [0.25, 0.3) is 0 Å².